The maximum atomic E-state index is 11.2. The molecule has 0 spiro atoms. The minimum Gasteiger partial charge on any atom is -0.489 e. The van der Waals surface area contributed by atoms with Gasteiger partial charge in [0, 0.05) is 24.4 Å². The van der Waals surface area contributed by atoms with Crippen LogP contribution in [0.25, 0.3) is 11.3 Å². The molecule has 0 unspecified atom stereocenters. The quantitative estimate of drug-likeness (QED) is 0.366. The largest absolute Gasteiger partial charge is 0.489 e. The van der Waals surface area contributed by atoms with E-state index in [9.17, 15) is 4.79 Å². The van der Waals surface area contributed by atoms with Crippen molar-refractivity contribution in [3.8, 4) is 17.0 Å². The molecule has 3 aromatic carbocycles. The van der Waals surface area contributed by atoms with Crippen molar-refractivity contribution in [3.05, 3.63) is 90.0 Å². The van der Waals surface area contributed by atoms with Gasteiger partial charge in [0.25, 0.3) is 0 Å². The molecule has 1 amide bonds. The molecule has 1 heterocycles. The second kappa shape index (κ2) is 9.17. The van der Waals surface area contributed by atoms with Crippen molar-refractivity contribution in [2.45, 2.75) is 20.5 Å². The van der Waals surface area contributed by atoms with Crippen LogP contribution in [0, 0.1) is 6.92 Å². The van der Waals surface area contributed by atoms with Crippen molar-refractivity contribution in [2.24, 2.45) is 0 Å². The van der Waals surface area contributed by atoms with Crippen molar-refractivity contribution in [1.29, 1.82) is 0 Å². The first-order valence-corrected chi connectivity index (χ1v) is 10.0. The smallest absolute Gasteiger partial charge is 0.221 e. The summed E-state index contributed by atoms with van der Waals surface area (Å²) in [7, 11) is 0. The van der Waals surface area contributed by atoms with E-state index in [4.69, 9.17) is 4.74 Å². The average molecular weight is 412 g/mol. The van der Waals surface area contributed by atoms with Gasteiger partial charge in [-0.15, -0.1) is 0 Å². The lowest BCUT2D eigenvalue weighted by atomic mass is 10.1. The number of aromatic nitrogens is 2. The third kappa shape index (κ3) is 5.30. The first-order chi connectivity index (χ1) is 15.1. The molecular formula is C25H24N4O2. The van der Waals surface area contributed by atoms with Gasteiger partial charge in [0.15, 0.2) is 5.82 Å². The zero-order valence-electron chi connectivity index (χ0n) is 17.5. The number of aryl methyl sites for hydroxylation is 1. The van der Waals surface area contributed by atoms with E-state index in [0.717, 1.165) is 45.3 Å². The molecule has 0 saturated carbocycles. The predicted molar refractivity (Wildman–Crippen MR) is 124 cm³/mol. The van der Waals surface area contributed by atoms with Crippen LogP contribution in [0.15, 0.2) is 78.9 Å². The summed E-state index contributed by atoms with van der Waals surface area (Å²) in [5.41, 5.74) is 5.77. The van der Waals surface area contributed by atoms with E-state index in [1.165, 1.54) is 6.92 Å². The summed E-state index contributed by atoms with van der Waals surface area (Å²) in [6.45, 7) is 4.02. The Morgan fingerprint density at radius 1 is 1.00 bits per heavy atom. The van der Waals surface area contributed by atoms with E-state index in [2.05, 4.69) is 20.8 Å². The number of nitrogens with zero attached hydrogens (tertiary/aromatic N) is 1. The van der Waals surface area contributed by atoms with Gasteiger partial charge >= 0.3 is 0 Å². The van der Waals surface area contributed by atoms with Crippen LogP contribution in [0.3, 0.4) is 0 Å². The zero-order chi connectivity index (χ0) is 21.6. The second-order valence-corrected chi connectivity index (χ2v) is 7.30. The van der Waals surface area contributed by atoms with E-state index >= 15 is 0 Å². The number of carbonyl (C=O) groups excluding carboxylic acids is 1. The van der Waals surface area contributed by atoms with Gasteiger partial charge < -0.3 is 15.4 Å². The molecule has 31 heavy (non-hydrogen) atoms. The number of benzene rings is 3. The minimum atomic E-state index is -0.0893. The van der Waals surface area contributed by atoms with Crippen LogP contribution in [0.5, 0.6) is 5.75 Å². The van der Waals surface area contributed by atoms with Gasteiger partial charge in [0.2, 0.25) is 5.91 Å². The first kappa shape index (κ1) is 20.2. The molecule has 0 aliphatic rings. The molecular weight excluding hydrogens is 388 g/mol. The summed E-state index contributed by atoms with van der Waals surface area (Å²) in [4.78, 5) is 11.2. The number of rotatable bonds is 7. The van der Waals surface area contributed by atoms with Crippen molar-refractivity contribution in [3.63, 3.8) is 0 Å². The Morgan fingerprint density at radius 2 is 1.77 bits per heavy atom. The highest BCUT2D eigenvalue weighted by Crippen LogP contribution is 2.27. The monoisotopic (exact) mass is 412 g/mol. The Bertz CT molecular complexity index is 1170. The van der Waals surface area contributed by atoms with Crippen LogP contribution in [0.2, 0.25) is 0 Å². The normalized spacial score (nSPS) is 10.5. The van der Waals surface area contributed by atoms with Crippen LogP contribution in [0.4, 0.5) is 17.2 Å². The number of ether oxygens (including phenoxy) is 1. The van der Waals surface area contributed by atoms with Gasteiger partial charge in [-0.1, -0.05) is 30.3 Å². The Kier molecular flexibility index (Phi) is 5.98. The topological polar surface area (TPSA) is 79.0 Å². The van der Waals surface area contributed by atoms with Crippen LogP contribution >= 0.6 is 0 Å². The molecule has 0 radical (unpaired) electrons. The lowest BCUT2D eigenvalue weighted by Gasteiger charge is -2.09. The molecule has 6 nitrogen and oxygen atoms in total. The number of H-pyrrole nitrogens is 1. The number of carbonyl (C=O) groups is 1. The number of aromatic amines is 1. The maximum absolute atomic E-state index is 11.2. The molecule has 1 aromatic heterocycles. The van der Waals surface area contributed by atoms with Crippen molar-refractivity contribution in [1.82, 2.24) is 10.2 Å². The molecule has 3 N–H and O–H groups in total. The van der Waals surface area contributed by atoms with Crippen LogP contribution in [-0.4, -0.2) is 16.1 Å². The van der Waals surface area contributed by atoms with Gasteiger partial charge in [-0.2, -0.15) is 5.10 Å². The molecule has 0 fully saturated rings. The standard InChI is InChI=1S/C25H24N4O2/c1-17-14-21(26-18(2)30)10-13-23(17)27-25-15-24(28-29-25)20-8-11-22(12-9-20)31-16-19-6-4-3-5-7-19/h3-15H,16H2,1-2H3,(H,26,30)(H2,27,28,29). The van der Waals surface area contributed by atoms with Gasteiger partial charge in [0.05, 0.1) is 5.69 Å². The Labute approximate surface area is 181 Å². The third-order valence-electron chi connectivity index (χ3n) is 4.80. The van der Waals surface area contributed by atoms with Crippen molar-refractivity contribution >= 4 is 23.1 Å². The number of hydrogen-bond acceptors (Lipinski definition) is 4. The Hall–Kier alpha value is -4.06. The fourth-order valence-corrected chi connectivity index (χ4v) is 3.23. The Morgan fingerprint density at radius 3 is 2.48 bits per heavy atom. The molecule has 0 aliphatic carbocycles. The summed E-state index contributed by atoms with van der Waals surface area (Å²) < 4.78 is 5.85. The molecule has 6 heteroatoms. The third-order valence-corrected chi connectivity index (χ3v) is 4.80. The first-order valence-electron chi connectivity index (χ1n) is 10.0. The summed E-state index contributed by atoms with van der Waals surface area (Å²) in [6, 6.07) is 25.7. The molecule has 0 bridgehead atoms. The van der Waals surface area contributed by atoms with Crippen LogP contribution in [-0.2, 0) is 11.4 Å². The number of amides is 1. The lowest BCUT2D eigenvalue weighted by molar-refractivity contribution is -0.114. The van der Waals surface area contributed by atoms with Gasteiger partial charge in [-0.25, -0.2) is 0 Å². The van der Waals surface area contributed by atoms with Crippen molar-refractivity contribution < 1.29 is 9.53 Å². The molecule has 4 rings (SSSR count). The molecule has 4 aromatic rings. The highest BCUT2D eigenvalue weighted by Gasteiger charge is 2.07. The van der Waals surface area contributed by atoms with Crippen LogP contribution < -0.4 is 15.4 Å². The number of nitrogens with one attached hydrogen (secondary N) is 3. The SMILES string of the molecule is CC(=O)Nc1ccc(Nc2cc(-c3ccc(OCc4ccccc4)cc3)[nH]n2)c(C)c1. The second-order valence-electron chi connectivity index (χ2n) is 7.30. The van der Waals surface area contributed by atoms with E-state index in [1.807, 2.05) is 85.8 Å². The number of anilines is 3. The molecule has 156 valence electrons. The van der Waals surface area contributed by atoms with Gasteiger partial charge in [-0.05, 0) is 66.1 Å². The highest BCUT2D eigenvalue weighted by molar-refractivity contribution is 5.89. The van der Waals surface area contributed by atoms with E-state index in [-0.39, 0.29) is 5.91 Å². The van der Waals surface area contributed by atoms with Gasteiger partial charge in [-0.3, -0.25) is 9.89 Å². The summed E-state index contributed by atoms with van der Waals surface area (Å²) >= 11 is 0. The minimum absolute atomic E-state index is 0.0893. The van der Waals surface area contributed by atoms with Crippen LogP contribution in [0.1, 0.15) is 18.1 Å². The maximum Gasteiger partial charge on any atom is 0.221 e. The average Bonchev–Trinajstić information content (AvgIpc) is 3.23. The molecule has 0 aliphatic heterocycles. The van der Waals surface area contributed by atoms with E-state index in [0.29, 0.717) is 6.61 Å². The zero-order valence-corrected chi connectivity index (χ0v) is 17.5. The Balaban J connectivity index is 1.40. The van der Waals surface area contributed by atoms with E-state index < -0.39 is 0 Å². The summed E-state index contributed by atoms with van der Waals surface area (Å²) in [5, 5.41) is 13.5. The molecule has 0 saturated heterocycles. The fourth-order valence-electron chi connectivity index (χ4n) is 3.23. The van der Waals surface area contributed by atoms with Gasteiger partial charge in [0.1, 0.15) is 12.4 Å². The highest BCUT2D eigenvalue weighted by atomic mass is 16.5. The predicted octanol–water partition coefficient (Wildman–Crippen LogP) is 5.67. The molecule has 0 atom stereocenters. The fraction of sp³-hybridized carbons (Fsp3) is 0.120. The van der Waals surface area contributed by atoms with Crippen molar-refractivity contribution in [2.75, 3.05) is 10.6 Å². The summed E-state index contributed by atoms with van der Waals surface area (Å²) in [5.74, 6) is 1.45. The summed E-state index contributed by atoms with van der Waals surface area (Å²) in [6.07, 6.45) is 0. The van der Waals surface area contributed by atoms with E-state index in [1.54, 1.807) is 0 Å². The lowest BCUT2D eigenvalue weighted by Crippen LogP contribution is -2.06. The number of hydrogen-bond donors (Lipinski definition) is 3.